The highest BCUT2D eigenvalue weighted by molar-refractivity contribution is 6.51. The molecule has 1 heterocycles. The number of hydrogen-bond acceptors (Lipinski definition) is 7. The van der Waals surface area contributed by atoms with Gasteiger partial charge < -0.3 is 24.2 Å². The molecule has 1 fully saturated rings. The summed E-state index contributed by atoms with van der Waals surface area (Å²) in [6, 6.07) is 16.9. The normalized spacial score (nSPS) is 16.5. The second kappa shape index (κ2) is 11.1. The number of nitrogens with zero attached hydrogens (tertiary/aromatic N) is 2. The van der Waals surface area contributed by atoms with Gasteiger partial charge in [-0.1, -0.05) is 19.9 Å². The van der Waals surface area contributed by atoms with E-state index < -0.39 is 17.7 Å². The number of rotatable bonds is 8. The van der Waals surface area contributed by atoms with Crippen molar-refractivity contribution < 1.29 is 28.9 Å². The van der Waals surface area contributed by atoms with E-state index in [0.717, 1.165) is 11.3 Å². The van der Waals surface area contributed by atoms with E-state index in [9.17, 15) is 14.7 Å². The van der Waals surface area contributed by atoms with Crippen LogP contribution in [0.15, 0.2) is 66.2 Å². The minimum atomic E-state index is -0.903. The molecule has 1 atom stereocenters. The largest absolute Gasteiger partial charge is 0.507 e. The molecule has 3 aromatic carbocycles. The highest BCUT2D eigenvalue weighted by Gasteiger charge is 2.47. The van der Waals surface area contributed by atoms with Crippen molar-refractivity contribution in [2.24, 2.45) is 0 Å². The fraction of sp³-hybridized carbons (Fsp3) is 0.290. The number of carbonyl (C=O) groups is 2. The van der Waals surface area contributed by atoms with Crippen molar-refractivity contribution >= 4 is 28.8 Å². The molecular formula is C31H34N2O6. The SMILES string of the molecule is COc1ccc(C2/C(=C(\O)c3ccc(OC)c(C(C)C)c3)C(=O)C(=O)N2c2ccc(N(C)C)cc2)cc1OC. The minimum Gasteiger partial charge on any atom is -0.507 e. The van der Waals surface area contributed by atoms with Gasteiger partial charge in [0.1, 0.15) is 11.5 Å². The molecule has 1 aliphatic rings. The van der Waals surface area contributed by atoms with Crippen LogP contribution in [0.3, 0.4) is 0 Å². The lowest BCUT2D eigenvalue weighted by molar-refractivity contribution is -0.132. The third-order valence-corrected chi connectivity index (χ3v) is 6.94. The van der Waals surface area contributed by atoms with Gasteiger partial charge in [0.15, 0.2) is 11.5 Å². The summed E-state index contributed by atoms with van der Waals surface area (Å²) in [5.74, 6) is -0.0331. The second-order valence-corrected chi connectivity index (χ2v) is 9.81. The van der Waals surface area contributed by atoms with Crippen molar-refractivity contribution in [3.63, 3.8) is 0 Å². The van der Waals surface area contributed by atoms with Gasteiger partial charge in [-0.05, 0) is 71.6 Å². The van der Waals surface area contributed by atoms with Crippen molar-refractivity contribution in [3.05, 3.63) is 82.9 Å². The van der Waals surface area contributed by atoms with E-state index in [4.69, 9.17) is 14.2 Å². The first-order valence-corrected chi connectivity index (χ1v) is 12.6. The lowest BCUT2D eigenvalue weighted by Crippen LogP contribution is -2.29. The molecule has 3 aromatic rings. The number of Topliss-reactive ketones (excluding diaryl/α,β-unsaturated/α-hetero) is 1. The monoisotopic (exact) mass is 530 g/mol. The van der Waals surface area contributed by atoms with Crippen LogP contribution in [-0.2, 0) is 9.59 Å². The Morgan fingerprint density at radius 3 is 2.03 bits per heavy atom. The highest BCUT2D eigenvalue weighted by Crippen LogP contribution is 2.44. The molecular weight excluding hydrogens is 496 g/mol. The van der Waals surface area contributed by atoms with E-state index in [-0.39, 0.29) is 17.3 Å². The number of amides is 1. The van der Waals surface area contributed by atoms with Gasteiger partial charge in [0.05, 0.1) is 32.9 Å². The zero-order valence-electron chi connectivity index (χ0n) is 23.3. The maximum atomic E-state index is 13.6. The Morgan fingerprint density at radius 2 is 1.46 bits per heavy atom. The summed E-state index contributed by atoms with van der Waals surface area (Å²) in [4.78, 5) is 30.5. The number of ether oxygens (including phenoxy) is 3. The summed E-state index contributed by atoms with van der Waals surface area (Å²) >= 11 is 0. The van der Waals surface area contributed by atoms with Crippen LogP contribution in [0, 0.1) is 0 Å². The van der Waals surface area contributed by atoms with Crippen LogP contribution in [0.1, 0.15) is 42.5 Å². The Balaban J connectivity index is 1.96. The third-order valence-electron chi connectivity index (χ3n) is 6.94. The zero-order valence-corrected chi connectivity index (χ0v) is 23.3. The van der Waals surface area contributed by atoms with Crippen LogP contribution in [0.2, 0.25) is 0 Å². The molecule has 8 heteroatoms. The van der Waals surface area contributed by atoms with Crippen molar-refractivity contribution in [3.8, 4) is 17.2 Å². The summed E-state index contributed by atoms with van der Waals surface area (Å²) in [7, 11) is 8.48. The standard InChI is InChI=1S/C31H34N2O6/c1-18(2)23-16-20(9-14-24(23)37-5)29(34)27-28(19-8-15-25(38-6)26(17-19)39-7)33(31(36)30(27)35)22-12-10-21(11-13-22)32(3)4/h8-18,28,34H,1-7H3/b29-27+. The molecule has 0 bridgehead atoms. The summed E-state index contributed by atoms with van der Waals surface area (Å²) in [6.07, 6.45) is 0. The number of methoxy groups -OCH3 is 3. The number of hydrogen-bond donors (Lipinski definition) is 1. The van der Waals surface area contributed by atoms with Gasteiger partial charge in [0.2, 0.25) is 0 Å². The van der Waals surface area contributed by atoms with E-state index in [2.05, 4.69) is 0 Å². The van der Waals surface area contributed by atoms with Crippen molar-refractivity contribution in [2.75, 3.05) is 45.2 Å². The average Bonchev–Trinajstić information content (AvgIpc) is 3.21. The van der Waals surface area contributed by atoms with E-state index in [1.807, 2.05) is 45.0 Å². The van der Waals surface area contributed by atoms with Crippen LogP contribution < -0.4 is 24.0 Å². The number of ketones is 1. The lowest BCUT2D eigenvalue weighted by Gasteiger charge is -2.26. The quantitative estimate of drug-likeness (QED) is 0.233. The first-order chi connectivity index (χ1) is 18.6. The number of aliphatic hydroxyl groups excluding tert-OH is 1. The number of carbonyl (C=O) groups excluding carboxylic acids is 2. The Kier molecular flexibility index (Phi) is 7.85. The summed E-state index contributed by atoms with van der Waals surface area (Å²) < 4.78 is 16.4. The molecule has 1 amide bonds. The Morgan fingerprint density at radius 1 is 0.846 bits per heavy atom. The Bertz CT molecular complexity index is 1430. The second-order valence-electron chi connectivity index (χ2n) is 9.81. The molecule has 1 saturated heterocycles. The first kappa shape index (κ1) is 27.6. The molecule has 1 N–H and O–H groups in total. The van der Waals surface area contributed by atoms with Gasteiger partial charge in [0.25, 0.3) is 11.7 Å². The molecule has 0 spiro atoms. The zero-order chi connectivity index (χ0) is 28.4. The molecule has 0 aromatic heterocycles. The Hall–Kier alpha value is -4.46. The number of aliphatic hydroxyl groups is 1. The smallest absolute Gasteiger partial charge is 0.300 e. The topological polar surface area (TPSA) is 88.5 Å². The summed E-state index contributed by atoms with van der Waals surface area (Å²) in [5.41, 5.74) is 3.34. The molecule has 0 saturated carbocycles. The van der Waals surface area contributed by atoms with Crippen LogP contribution in [0.5, 0.6) is 17.2 Å². The van der Waals surface area contributed by atoms with Crippen LogP contribution in [0.25, 0.3) is 5.76 Å². The Labute approximate surface area is 229 Å². The van der Waals surface area contributed by atoms with Gasteiger partial charge in [-0.3, -0.25) is 14.5 Å². The van der Waals surface area contributed by atoms with Crippen LogP contribution in [0.4, 0.5) is 11.4 Å². The van der Waals surface area contributed by atoms with Crippen LogP contribution >= 0.6 is 0 Å². The predicted octanol–water partition coefficient (Wildman–Crippen LogP) is 5.53. The van der Waals surface area contributed by atoms with Crippen molar-refractivity contribution in [2.45, 2.75) is 25.8 Å². The van der Waals surface area contributed by atoms with E-state index >= 15 is 0 Å². The summed E-state index contributed by atoms with van der Waals surface area (Å²) in [6.45, 7) is 4.03. The van der Waals surface area contributed by atoms with Gasteiger partial charge in [-0.15, -0.1) is 0 Å². The maximum Gasteiger partial charge on any atom is 0.300 e. The summed E-state index contributed by atoms with van der Waals surface area (Å²) in [5, 5.41) is 11.6. The lowest BCUT2D eigenvalue weighted by atomic mass is 9.93. The van der Waals surface area contributed by atoms with Gasteiger partial charge in [0, 0.05) is 31.0 Å². The van der Waals surface area contributed by atoms with Crippen LogP contribution in [-0.4, -0.2) is 52.2 Å². The molecule has 0 radical (unpaired) electrons. The van der Waals surface area contributed by atoms with Crippen molar-refractivity contribution in [1.82, 2.24) is 0 Å². The maximum absolute atomic E-state index is 13.6. The number of anilines is 2. The first-order valence-electron chi connectivity index (χ1n) is 12.6. The van der Waals surface area contributed by atoms with Gasteiger partial charge in [-0.25, -0.2) is 0 Å². The molecule has 1 unspecified atom stereocenters. The third kappa shape index (κ3) is 5.02. The molecule has 8 nitrogen and oxygen atoms in total. The van der Waals surface area contributed by atoms with E-state index in [0.29, 0.717) is 34.1 Å². The molecule has 1 aliphatic heterocycles. The predicted molar refractivity (Wildman–Crippen MR) is 152 cm³/mol. The molecule has 0 aliphatic carbocycles. The highest BCUT2D eigenvalue weighted by atomic mass is 16.5. The fourth-order valence-corrected chi connectivity index (χ4v) is 4.84. The fourth-order valence-electron chi connectivity index (χ4n) is 4.84. The van der Waals surface area contributed by atoms with E-state index in [1.54, 1.807) is 55.6 Å². The van der Waals surface area contributed by atoms with Crippen molar-refractivity contribution in [1.29, 1.82) is 0 Å². The average molecular weight is 531 g/mol. The minimum absolute atomic E-state index is 0.0104. The van der Waals surface area contributed by atoms with E-state index in [1.165, 1.54) is 19.1 Å². The molecule has 204 valence electrons. The molecule has 4 rings (SSSR count). The number of benzene rings is 3. The van der Waals surface area contributed by atoms with Gasteiger partial charge >= 0.3 is 0 Å². The van der Waals surface area contributed by atoms with Gasteiger partial charge in [-0.2, -0.15) is 0 Å². The molecule has 39 heavy (non-hydrogen) atoms.